The number of nitrogens with zero attached hydrogens (tertiary/aromatic N) is 1. The third-order valence-electron chi connectivity index (χ3n) is 4.86. The molecule has 0 aliphatic carbocycles. The van der Waals surface area contributed by atoms with E-state index in [4.69, 9.17) is 16.3 Å². The summed E-state index contributed by atoms with van der Waals surface area (Å²) in [5.74, 6) is -4.76. The summed E-state index contributed by atoms with van der Waals surface area (Å²) in [4.78, 5) is 25.3. The van der Waals surface area contributed by atoms with E-state index < -0.39 is 29.3 Å². The van der Waals surface area contributed by atoms with Crippen molar-refractivity contribution in [2.24, 2.45) is 0 Å². The average Bonchev–Trinajstić information content (AvgIpc) is 2.97. The first-order valence-corrected chi connectivity index (χ1v) is 9.80. The van der Waals surface area contributed by atoms with E-state index in [0.29, 0.717) is 11.4 Å². The van der Waals surface area contributed by atoms with Gasteiger partial charge in [-0.3, -0.25) is 14.2 Å². The Morgan fingerprint density at radius 2 is 1.87 bits per heavy atom. The molecule has 0 spiro atoms. The van der Waals surface area contributed by atoms with Gasteiger partial charge in [0.05, 0.1) is 18.5 Å². The summed E-state index contributed by atoms with van der Waals surface area (Å²) in [7, 11) is 0. The highest BCUT2D eigenvalue weighted by Crippen LogP contribution is 2.35. The summed E-state index contributed by atoms with van der Waals surface area (Å²) in [6.07, 6.45) is 1.19. The number of phenols is 1. The van der Waals surface area contributed by atoms with Crippen molar-refractivity contribution < 1.29 is 28.2 Å². The number of esters is 1. The lowest BCUT2D eigenvalue weighted by Gasteiger charge is -2.08. The minimum atomic E-state index is -1.23. The summed E-state index contributed by atoms with van der Waals surface area (Å²) in [5.41, 5.74) is 0.560. The van der Waals surface area contributed by atoms with E-state index in [1.54, 1.807) is 0 Å². The van der Waals surface area contributed by atoms with Crippen molar-refractivity contribution in [3.63, 3.8) is 0 Å². The Kier molecular flexibility index (Phi) is 6.41. The van der Waals surface area contributed by atoms with Gasteiger partial charge in [0.1, 0.15) is 0 Å². The van der Waals surface area contributed by atoms with Gasteiger partial charge in [-0.25, -0.2) is 8.78 Å². The molecule has 0 saturated heterocycles. The number of fused-ring (bicyclic) bond motifs is 1. The SMILES string of the molecule is CCCCOC(=O)Cc1c(C)n(C(=O)c2ccc(Cl)cc2)c2cc(F)c(O)c(F)c12. The number of aromatic hydroxyl groups is 1. The van der Waals surface area contributed by atoms with Gasteiger partial charge < -0.3 is 9.84 Å². The molecule has 1 aromatic heterocycles. The van der Waals surface area contributed by atoms with Gasteiger partial charge in [-0.2, -0.15) is 0 Å². The van der Waals surface area contributed by atoms with Crippen LogP contribution >= 0.6 is 11.6 Å². The number of rotatable bonds is 6. The number of ether oxygens (including phenoxy) is 1. The second-order valence-corrected chi connectivity index (χ2v) is 7.31. The van der Waals surface area contributed by atoms with Crippen LogP contribution in [0.1, 0.15) is 41.4 Å². The normalized spacial score (nSPS) is 11.1. The Labute approximate surface area is 176 Å². The second-order valence-electron chi connectivity index (χ2n) is 6.88. The summed E-state index contributed by atoms with van der Waals surface area (Å²) in [6.45, 7) is 3.69. The zero-order valence-electron chi connectivity index (χ0n) is 16.5. The zero-order valence-corrected chi connectivity index (χ0v) is 17.2. The standard InChI is InChI=1S/C22H20ClF2NO4/c1-3-4-9-30-18(27)10-15-12(2)26(22(29)13-5-7-14(23)8-6-13)17-11-16(24)21(28)20(25)19(15)17/h5-8,11,28H,3-4,9-10H2,1-2H3. The first-order valence-electron chi connectivity index (χ1n) is 9.43. The number of benzene rings is 2. The van der Waals surface area contributed by atoms with Crippen molar-refractivity contribution in [2.45, 2.75) is 33.1 Å². The van der Waals surface area contributed by atoms with Crippen LogP contribution in [0.25, 0.3) is 10.9 Å². The third-order valence-corrected chi connectivity index (χ3v) is 5.12. The first kappa shape index (κ1) is 21.8. The average molecular weight is 436 g/mol. The summed E-state index contributed by atoms with van der Waals surface area (Å²) in [6, 6.07) is 6.90. The van der Waals surface area contributed by atoms with Crippen LogP contribution in [-0.4, -0.2) is 28.2 Å². The van der Waals surface area contributed by atoms with E-state index in [9.17, 15) is 23.5 Å². The van der Waals surface area contributed by atoms with Crippen LogP contribution in [0.15, 0.2) is 30.3 Å². The van der Waals surface area contributed by atoms with E-state index in [1.807, 2.05) is 6.92 Å². The Balaban J connectivity index is 2.15. The predicted octanol–water partition coefficient (Wildman–Crippen LogP) is 5.16. The molecule has 0 fully saturated rings. The number of phenolic OH excluding ortho intramolecular Hbond substituents is 1. The van der Waals surface area contributed by atoms with Crippen molar-refractivity contribution in [3.8, 4) is 5.75 Å². The van der Waals surface area contributed by atoms with Gasteiger partial charge in [0.15, 0.2) is 17.4 Å². The van der Waals surface area contributed by atoms with Crippen molar-refractivity contribution >= 4 is 34.4 Å². The lowest BCUT2D eigenvalue weighted by atomic mass is 10.1. The predicted molar refractivity (Wildman–Crippen MR) is 109 cm³/mol. The monoisotopic (exact) mass is 435 g/mol. The Bertz CT molecular complexity index is 1120. The molecule has 30 heavy (non-hydrogen) atoms. The molecular weight excluding hydrogens is 416 g/mol. The van der Waals surface area contributed by atoms with Crippen LogP contribution in [0, 0.1) is 18.6 Å². The van der Waals surface area contributed by atoms with Crippen molar-refractivity contribution in [3.05, 3.63) is 63.8 Å². The van der Waals surface area contributed by atoms with Gasteiger partial charge in [0.2, 0.25) is 0 Å². The topological polar surface area (TPSA) is 68.5 Å². The fourth-order valence-electron chi connectivity index (χ4n) is 3.28. The van der Waals surface area contributed by atoms with Gasteiger partial charge in [-0.05, 0) is 43.2 Å². The molecule has 0 atom stereocenters. The van der Waals surface area contributed by atoms with Crippen LogP contribution in [0.3, 0.4) is 0 Å². The van der Waals surface area contributed by atoms with E-state index >= 15 is 0 Å². The molecule has 1 N–H and O–H groups in total. The summed E-state index contributed by atoms with van der Waals surface area (Å²) < 4.78 is 35.2. The summed E-state index contributed by atoms with van der Waals surface area (Å²) in [5, 5.41) is 9.98. The molecule has 5 nitrogen and oxygen atoms in total. The molecule has 0 saturated carbocycles. The van der Waals surface area contributed by atoms with E-state index in [2.05, 4.69) is 0 Å². The lowest BCUT2D eigenvalue weighted by Crippen LogP contribution is -2.15. The van der Waals surface area contributed by atoms with E-state index in [1.165, 1.54) is 31.2 Å². The highest BCUT2D eigenvalue weighted by molar-refractivity contribution is 6.30. The van der Waals surface area contributed by atoms with Gasteiger partial charge in [0.25, 0.3) is 5.91 Å². The molecule has 0 bridgehead atoms. The molecule has 0 unspecified atom stereocenters. The van der Waals surface area contributed by atoms with Crippen molar-refractivity contribution in [1.82, 2.24) is 4.57 Å². The quantitative estimate of drug-likeness (QED) is 0.429. The molecule has 0 aliphatic rings. The van der Waals surface area contributed by atoms with E-state index in [-0.39, 0.29) is 40.8 Å². The maximum Gasteiger partial charge on any atom is 0.310 e. The fourth-order valence-corrected chi connectivity index (χ4v) is 3.41. The van der Waals surface area contributed by atoms with Crippen LogP contribution in [0.2, 0.25) is 5.02 Å². The molecule has 158 valence electrons. The number of unbranched alkanes of at least 4 members (excludes halogenated alkanes) is 1. The van der Waals surface area contributed by atoms with Crippen LogP contribution in [-0.2, 0) is 16.0 Å². The van der Waals surface area contributed by atoms with Crippen molar-refractivity contribution in [1.29, 1.82) is 0 Å². The largest absolute Gasteiger partial charge is 0.503 e. The number of hydrogen-bond acceptors (Lipinski definition) is 4. The van der Waals surface area contributed by atoms with E-state index in [0.717, 1.165) is 17.1 Å². The molecule has 3 aromatic rings. The molecule has 2 aromatic carbocycles. The van der Waals surface area contributed by atoms with Crippen molar-refractivity contribution in [2.75, 3.05) is 6.61 Å². The first-order chi connectivity index (χ1) is 14.3. The van der Waals surface area contributed by atoms with Gasteiger partial charge in [0, 0.05) is 27.7 Å². The Morgan fingerprint density at radius 1 is 1.20 bits per heavy atom. The molecule has 1 heterocycles. The Morgan fingerprint density at radius 3 is 2.50 bits per heavy atom. The van der Waals surface area contributed by atoms with Crippen LogP contribution in [0.4, 0.5) is 8.78 Å². The van der Waals surface area contributed by atoms with Gasteiger partial charge in [-0.1, -0.05) is 24.9 Å². The number of hydrogen-bond donors (Lipinski definition) is 1. The van der Waals surface area contributed by atoms with Gasteiger partial charge in [-0.15, -0.1) is 0 Å². The number of aromatic nitrogens is 1. The highest BCUT2D eigenvalue weighted by atomic mass is 35.5. The summed E-state index contributed by atoms with van der Waals surface area (Å²) >= 11 is 5.86. The number of carbonyl (C=O) groups is 2. The zero-order chi connectivity index (χ0) is 22.0. The fraction of sp³-hybridized carbons (Fsp3) is 0.273. The van der Waals surface area contributed by atoms with Crippen LogP contribution < -0.4 is 0 Å². The molecule has 8 heteroatoms. The maximum absolute atomic E-state index is 14.8. The molecule has 3 rings (SSSR count). The smallest absolute Gasteiger partial charge is 0.310 e. The highest BCUT2D eigenvalue weighted by Gasteiger charge is 2.27. The molecule has 0 radical (unpaired) electrons. The number of halogens is 3. The second kappa shape index (κ2) is 8.83. The number of carbonyl (C=O) groups excluding carboxylic acids is 2. The van der Waals surface area contributed by atoms with Gasteiger partial charge >= 0.3 is 5.97 Å². The lowest BCUT2D eigenvalue weighted by molar-refractivity contribution is -0.142. The molecular formula is C22H20ClF2NO4. The maximum atomic E-state index is 14.8. The third kappa shape index (κ3) is 4.03. The Hall–Kier alpha value is -2.93. The minimum absolute atomic E-state index is 0.0865. The van der Waals surface area contributed by atoms with Crippen LogP contribution in [0.5, 0.6) is 5.75 Å². The molecule has 0 amide bonds. The molecule has 0 aliphatic heterocycles. The minimum Gasteiger partial charge on any atom is -0.503 e.